The normalized spacial score (nSPS) is 18.9. The number of aromatic nitrogens is 1. The summed E-state index contributed by atoms with van der Waals surface area (Å²) < 4.78 is 4.78. The summed E-state index contributed by atoms with van der Waals surface area (Å²) in [5.41, 5.74) is 5.32. The van der Waals surface area contributed by atoms with Crippen LogP contribution in [-0.2, 0) is 22.5 Å². The Kier molecular flexibility index (Phi) is 5.81. The van der Waals surface area contributed by atoms with Gasteiger partial charge in [0.1, 0.15) is 0 Å². The molecule has 33 heavy (non-hydrogen) atoms. The molecule has 0 aliphatic carbocycles. The Morgan fingerprint density at radius 1 is 1.06 bits per heavy atom. The van der Waals surface area contributed by atoms with Gasteiger partial charge in [-0.3, -0.25) is 9.69 Å². The maximum Gasteiger partial charge on any atom is 0.337 e. The third-order valence-corrected chi connectivity index (χ3v) is 6.99. The van der Waals surface area contributed by atoms with Crippen molar-refractivity contribution >= 4 is 28.5 Å². The van der Waals surface area contributed by atoms with Gasteiger partial charge < -0.3 is 19.5 Å². The minimum absolute atomic E-state index is 0.202. The van der Waals surface area contributed by atoms with E-state index in [0.717, 1.165) is 43.8 Å². The minimum atomic E-state index is -0.323. The van der Waals surface area contributed by atoms with Gasteiger partial charge >= 0.3 is 5.97 Å². The SMILES string of the molecule is COC(=O)c1ccc(N2CCN(CC(=O)N3CCc4[nH]c5ccccc5c4C3)C(C)C2)cc1. The zero-order chi connectivity index (χ0) is 22.9. The summed E-state index contributed by atoms with van der Waals surface area (Å²) in [6.07, 6.45) is 0.876. The largest absolute Gasteiger partial charge is 0.465 e. The molecule has 1 amide bonds. The Labute approximate surface area is 193 Å². The number of methoxy groups -OCH3 is 1. The highest BCUT2D eigenvalue weighted by Crippen LogP contribution is 2.28. The average molecular weight is 447 g/mol. The molecule has 1 fully saturated rings. The third-order valence-electron chi connectivity index (χ3n) is 6.99. The number of hydrogen-bond donors (Lipinski definition) is 1. The number of benzene rings is 2. The van der Waals surface area contributed by atoms with Crippen molar-refractivity contribution < 1.29 is 14.3 Å². The molecule has 1 saturated heterocycles. The van der Waals surface area contributed by atoms with E-state index in [0.29, 0.717) is 18.7 Å². The second-order valence-corrected chi connectivity index (χ2v) is 9.00. The van der Waals surface area contributed by atoms with Gasteiger partial charge in [0.05, 0.1) is 19.2 Å². The number of fused-ring (bicyclic) bond motifs is 3. The Bertz CT molecular complexity index is 1170. The van der Waals surface area contributed by atoms with Crippen LogP contribution >= 0.6 is 0 Å². The predicted octanol–water partition coefficient (Wildman–Crippen LogP) is 3.05. The first-order chi connectivity index (χ1) is 16.0. The van der Waals surface area contributed by atoms with Crippen LogP contribution in [-0.4, -0.2) is 72.5 Å². The molecular weight excluding hydrogens is 416 g/mol. The highest BCUT2D eigenvalue weighted by molar-refractivity contribution is 5.89. The number of nitrogens with zero attached hydrogens (tertiary/aromatic N) is 3. The van der Waals surface area contributed by atoms with Crippen LogP contribution in [0.4, 0.5) is 5.69 Å². The number of hydrogen-bond acceptors (Lipinski definition) is 5. The highest BCUT2D eigenvalue weighted by Gasteiger charge is 2.29. The van der Waals surface area contributed by atoms with E-state index in [4.69, 9.17) is 4.74 Å². The Balaban J connectivity index is 1.20. The van der Waals surface area contributed by atoms with Crippen LogP contribution in [0.25, 0.3) is 10.9 Å². The van der Waals surface area contributed by atoms with Crippen LogP contribution in [0, 0.1) is 0 Å². The monoisotopic (exact) mass is 446 g/mol. The number of aromatic amines is 1. The smallest absolute Gasteiger partial charge is 0.337 e. The Morgan fingerprint density at radius 2 is 1.85 bits per heavy atom. The van der Waals surface area contributed by atoms with Crippen LogP contribution in [0.3, 0.4) is 0 Å². The maximum atomic E-state index is 13.2. The first kappa shape index (κ1) is 21.5. The van der Waals surface area contributed by atoms with E-state index < -0.39 is 0 Å². The second-order valence-electron chi connectivity index (χ2n) is 9.00. The van der Waals surface area contributed by atoms with Crippen molar-refractivity contribution in [2.24, 2.45) is 0 Å². The quantitative estimate of drug-likeness (QED) is 0.624. The number of rotatable bonds is 4. The topological polar surface area (TPSA) is 68.9 Å². The van der Waals surface area contributed by atoms with Crippen molar-refractivity contribution in [1.29, 1.82) is 0 Å². The molecule has 7 nitrogen and oxygen atoms in total. The third kappa shape index (κ3) is 4.20. The maximum absolute atomic E-state index is 13.2. The van der Waals surface area contributed by atoms with Crippen LogP contribution in [0.1, 0.15) is 28.5 Å². The number of carbonyl (C=O) groups excluding carboxylic acids is 2. The van der Waals surface area contributed by atoms with Crippen molar-refractivity contribution in [3.8, 4) is 0 Å². The lowest BCUT2D eigenvalue weighted by molar-refractivity contribution is -0.134. The molecular formula is C26H30N4O3. The summed E-state index contributed by atoms with van der Waals surface area (Å²) in [6.45, 7) is 6.60. The van der Waals surface area contributed by atoms with Gasteiger partial charge in [-0.2, -0.15) is 0 Å². The van der Waals surface area contributed by atoms with Gasteiger partial charge in [0.25, 0.3) is 0 Å². The minimum Gasteiger partial charge on any atom is -0.465 e. The standard InChI is InChI=1S/C26H30N4O3/c1-18-15-29(20-9-7-19(8-10-20)26(32)33-2)14-13-28(18)17-25(31)30-12-11-24-22(16-30)21-5-3-4-6-23(21)27-24/h3-10,18,27H,11-17H2,1-2H3. The van der Waals surface area contributed by atoms with Crippen LogP contribution < -0.4 is 4.90 Å². The van der Waals surface area contributed by atoms with Crippen molar-refractivity contribution in [2.75, 3.05) is 44.7 Å². The van der Waals surface area contributed by atoms with E-state index >= 15 is 0 Å². The molecule has 7 heteroatoms. The molecule has 2 aliphatic heterocycles. The van der Waals surface area contributed by atoms with Crippen LogP contribution in [0.15, 0.2) is 48.5 Å². The summed E-state index contributed by atoms with van der Waals surface area (Å²) in [5.74, 6) is -0.121. The van der Waals surface area contributed by atoms with Gasteiger partial charge in [0.15, 0.2) is 0 Å². The lowest BCUT2D eigenvalue weighted by Crippen LogP contribution is -2.55. The zero-order valence-electron chi connectivity index (χ0n) is 19.2. The molecule has 172 valence electrons. The number of esters is 1. The molecule has 0 radical (unpaired) electrons. The summed E-state index contributed by atoms with van der Waals surface area (Å²) >= 11 is 0. The highest BCUT2D eigenvalue weighted by atomic mass is 16.5. The van der Waals surface area contributed by atoms with Crippen molar-refractivity contribution in [1.82, 2.24) is 14.8 Å². The number of para-hydroxylation sites is 1. The van der Waals surface area contributed by atoms with E-state index in [9.17, 15) is 9.59 Å². The number of nitrogens with one attached hydrogen (secondary N) is 1. The number of piperazine rings is 1. The van der Waals surface area contributed by atoms with Crippen LogP contribution in [0.5, 0.6) is 0 Å². The van der Waals surface area contributed by atoms with E-state index in [1.54, 1.807) is 12.1 Å². The second kappa shape index (κ2) is 8.90. The lowest BCUT2D eigenvalue weighted by atomic mass is 10.0. The molecule has 0 saturated carbocycles. The first-order valence-electron chi connectivity index (χ1n) is 11.6. The zero-order valence-corrected chi connectivity index (χ0v) is 19.2. The van der Waals surface area contributed by atoms with Gasteiger partial charge in [0.2, 0.25) is 5.91 Å². The van der Waals surface area contributed by atoms with E-state index in [2.05, 4.69) is 39.9 Å². The predicted molar refractivity (Wildman–Crippen MR) is 128 cm³/mol. The molecule has 0 bridgehead atoms. The molecule has 0 spiro atoms. The lowest BCUT2D eigenvalue weighted by Gasteiger charge is -2.41. The average Bonchev–Trinajstić information content (AvgIpc) is 3.22. The van der Waals surface area contributed by atoms with E-state index in [1.165, 1.54) is 23.8 Å². The summed E-state index contributed by atoms with van der Waals surface area (Å²) in [6, 6.07) is 16.1. The number of H-pyrrole nitrogens is 1. The molecule has 1 N–H and O–H groups in total. The summed E-state index contributed by atoms with van der Waals surface area (Å²) in [7, 11) is 1.39. The number of ether oxygens (including phenoxy) is 1. The number of amides is 1. The van der Waals surface area contributed by atoms with Gasteiger partial charge in [-0.15, -0.1) is 0 Å². The fourth-order valence-electron chi connectivity index (χ4n) is 5.04. The number of anilines is 1. The number of carbonyl (C=O) groups is 2. The molecule has 1 atom stereocenters. The Hall–Kier alpha value is -3.32. The van der Waals surface area contributed by atoms with Gasteiger partial charge in [-0.05, 0) is 37.3 Å². The molecule has 2 aromatic carbocycles. The van der Waals surface area contributed by atoms with Crippen molar-refractivity contribution in [2.45, 2.75) is 25.9 Å². The van der Waals surface area contributed by atoms with Crippen molar-refractivity contribution in [3.63, 3.8) is 0 Å². The van der Waals surface area contributed by atoms with E-state index in [1.807, 2.05) is 23.1 Å². The first-order valence-corrected chi connectivity index (χ1v) is 11.6. The molecule has 3 heterocycles. The Morgan fingerprint density at radius 3 is 2.61 bits per heavy atom. The molecule has 1 unspecified atom stereocenters. The fraction of sp³-hybridized carbons (Fsp3) is 0.385. The van der Waals surface area contributed by atoms with E-state index in [-0.39, 0.29) is 17.9 Å². The van der Waals surface area contributed by atoms with Crippen LogP contribution in [0.2, 0.25) is 0 Å². The molecule has 3 aromatic rings. The molecule has 1 aromatic heterocycles. The van der Waals surface area contributed by atoms with Gasteiger partial charge in [0, 0.05) is 73.0 Å². The van der Waals surface area contributed by atoms with Gasteiger partial charge in [-0.25, -0.2) is 4.79 Å². The fourth-order valence-corrected chi connectivity index (χ4v) is 5.04. The van der Waals surface area contributed by atoms with Gasteiger partial charge in [-0.1, -0.05) is 18.2 Å². The molecule has 2 aliphatic rings. The summed E-state index contributed by atoms with van der Waals surface area (Å²) in [4.78, 5) is 35.0. The summed E-state index contributed by atoms with van der Waals surface area (Å²) in [5, 5.41) is 1.23. The van der Waals surface area contributed by atoms with Crippen molar-refractivity contribution in [3.05, 3.63) is 65.4 Å². The molecule has 5 rings (SSSR count).